The van der Waals surface area contributed by atoms with E-state index in [1.165, 1.54) is 32.4 Å². The normalized spacial score (nSPS) is 24.0. The van der Waals surface area contributed by atoms with E-state index in [-0.39, 0.29) is 0 Å². The van der Waals surface area contributed by atoms with Gasteiger partial charge in [0.1, 0.15) is 0 Å². The highest BCUT2D eigenvalue weighted by Crippen LogP contribution is 2.19. The van der Waals surface area contributed by atoms with Crippen LogP contribution in [0.15, 0.2) is 0 Å². The average Bonchev–Trinajstić information content (AvgIpc) is 2.11. The maximum absolute atomic E-state index is 2.49. The van der Waals surface area contributed by atoms with Crippen molar-refractivity contribution in [2.75, 3.05) is 20.1 Å². The predicted molar refractivity (Wildman–Crippen MR) is 52.9 cm³/mol. The van der Waals surface area contributed by atoms with Gasteiger partial charge in [-0.15, -0.1) is 0 Å². The van der Waals surface area contributed by atoms with E-state index in [1.54, 1.807) is 0 Å². The minimum Gasteiger partial charge on any atom is -0.244 e. The average molecular weight is 170 g/mol. The minimum absolute atomic E-state index is 0.291. The smallest absolute Gasteiger partial charge is 0.0272 e. The van der Waals surface area contributed by atoms with Crippen LogP contribution < -0.4 is 0 Å². The maximum atomic E-state index is 2.49. The second kappa shape index (κ2) is 3.75. The van der Waals surface area contributed by atoms with Crippen LogP contribution >= 0.6 is 0 Å². The van der Waals surface area contributed by atoms with Crippen LogP contribution in [0.3, 0.4) is 0 Å². The fourth-order valence-corrected chi connectivity index (χ4v) is 1.92. The molecule has 0 N–H and O–H groups in total. The first-order valence-corrected chi connectivity index (χ1v) is 5.00. The zero-order valence-electron chi connectivity index (χ0n) is 8.93. The zero-order chi connectivity index (χ0) is 9.19. The summed E-state index contributed by atoms with van der Waals surface area (Å²) in [5.41, 5.74) is 0.291. The summed E-state index contributed by atoms with van der Waals surface area (Å²) >= 11 is 0. The molecule has 72 valence electrons. The molecule has 1 rings (SSSR count). The Morgan fingerprint density at radius 2 is 1.50 bits per heavy atom. The van der Waals surface area contributed by atoms with Gasteiger partial charge in [0.2, 0.25) is 0 Å². The van der Waals surface area contributed by atoms with E-state index in [1.807, 2.05) is 0 Å². The van der Waals surface area contributed by atoms with E-state index in [0.717, 1.165) is 0 Å². The molecule has 0 atom stereocenters. The molecule has 1 aliphatic rings. The number of hydrazine groups is 1. The van der Waals surface area contributed by atoms with Crippen molar-refractivity contribution in [1.29, 1.82) is 0 Å². The molecule has 0 aliphatic carbocycles. The monoisotopic (exact) mass is 170 g/mol. The van der Waals surface area contributed by atoms with Crippen molar-refractivity contribution in [3.8, 4) is 0 Å². The van der Waals surface area contributed by atoms with Crippen LogP contribution in [0.2, 0.25) is 0 Å². The summed E-state index contributed by atoms with van der Waals surface area (Å²) < 4.78 is 0. The second-order valence-corrected chi connectivity index (χ2v) is 4.74. The van der Waals surface area contributed by atoms with Crippen LogP contribution in [0.4, 0.5) is 0 Å². The molecule has 0 aromatic carbocycles. The molecule has 0 spiro atoms. The molecule has 0 radical (unpaired) electrons. The van der Waals surface area contributed by atoms with Crippen LogP contribution in [0.25, 0.3) is 0 Å². The topological polar surface area (TPSA) is 6.48 Å². The van der Waals surface area contributed by atoms with Gasteiger partial charge in [0.15, 0.2) is 0 Å². The van der Waals surface area contributed by atoms with Crippen LogP contribution in [-0.4, -0.2) is 35.7 Å². The summed E-state index contributed by atoms with van der Waals surface area (Å²) in [5.74, 6) is 0. The third-order valence-corrected chi connectivity index (χ3v) is 2.54. The van der Waals surface area contributed by atoms with Gasteiger partial charge in [0, 0.05) is 25.7 Å². The summed E-state index contributed by atoms with van der Waals surface area (Å²) in [4.78, 5) is 0. The van der Waals surface area contributed by atoms with Gasteiger partial charge in [-0.05, 0) is 33.6 Å². The lowest BCUT2D eigenvalue weighted by Crippen LogP contribution is -2.50. The Morgan fingerprint density at radius 3 is 2.08 bits per heavy atom. The fraction of sp³-hybridized carbons (Fsp3) is 1.00. The van der Waals surface area contributed by atoms with Crippen molar-refractivity contribution in [2.24, 2.45) is 0 Å². The number of nitrogens with zero attached hydrogens (tertiary/aromatic N) is 2. The maximum Gasteiger partial charge on any atom is 0.0272 e. The van der Waals surface area contributed by atoms with Gasteiger partial charge in [-0.2, -0.15) is 0 Å². The SMILES string of the molecule is CN1CCCCCN1C(C)(C)C. The van der Waals surface area contributed by atoms with E-state index >= 15 is 0 Å². The van der Waals surface area contributed by atoms with Crippen LogP contribution in [0, 0.1) is 0 Å². The molecule has 12 heavy (non-hydrogen) atoms. The molecule has 0 unspecified atom stereocenters. The summed E-state index contributed by atoms with van der Waals surface area (Å²) in [6.45, 7) is 9.30. The quantitative estimate of drug-likeness (QED) is 0.549. The lowest BCUT2D eigenvalue weighted by Gasteiger charge is -2.40. The van der Waals surface area contributed by atoms with E-state index in [4.69, 9.17) is 0 Å². The Hall–Kier alpha value is -0.0800. The molecule has 1 fully saturated rings. The Bertz CT molecular complexity index is 137. The van der Waals surface area contributed by atoms with Crippen molar-refractivity contribution < 1.29 is 0 Å². The van der Waals surface area contributed by atoms with E-state index in [9.17, 15) is 0 Å². The number of rotatable bonds is 0. The van der Waals surface area contributed by atoms with Crippen LogP contribution in [-0.2, 0) is 0 Å². The molecule has 0 aromatic heterocycles. The van der Waals surface area contributed by atoms with E-state index in [2.05, 4.69) is 37.8 Å². The van der Waals surface area contributed by atoms with Crippen molar-refractivity contribution in [3.05, 3.63) is 0 Å². The Morgan fingerprint density at radius 1 is 0.917 bits per heavy atom. The van der Waals surface area contributed by atoms with Crippen molar-refractivity contribution in [3.63, 3.8) is 0 Å². The molecule has 2 nitrogen and oxygen atoms in total. The molecule has 1 aliphatic heterocycles. The van der Waals surface area contributed by atoms with Crippen molar-refractivity contribution >= 4 is 0 Å². The highest BCUT2D eigenvalue weighted by Gasteiger charge is 2.25. The predicted octanol–water partition coefficient (Wildman–Crippen LogP) is 2.12. The van der Waals surface area contributed by atoms with Crippen molar-refractivity contribution in [2.45, 2.75) is 45.6 Å². The highest BCUT2D eigenvalue weighted by molar-refractivity contribution is 4.75. The molecule has 0 bridgehead atoms. The van der Waals surface area contributed by atoms with E-state index < -0.39 is 0 Å². The first-order valence-electron chi connectivity index (χ1n) is 5.00. The molecular weight excluding hydrogens is 148 g/mol. The summed E-state index contributed by atoms with van der Waals surface area (Å²) in [6, 6.07) is 0. The van der Waals surface area contributed by atoms with Gasteiger partial charge >= 0.3 is 0 Å². The third-order valence-electron chi connectivity index (χ3n) is 2.54. The Labute approximate surface area is 76.5 Å². The molecule has 1 heterocycles. The standard InChI is InChI=1S/C10H22N2/c1-10(2,3)12-9-7-5-6-8-11(12)4/h5-9H2,1-4H3. The largest absolute Gasteiger partial charge is 0.244 e. The molecule has 0 saturated carbocycles. The van der Waals surface area contributed by atoms with Crippen LogP contribution in [0.5, 0.6) is 0 Å². The molecular formula is C10H22N2. The van der Waals surface area contributed by atoms with E-state index in [0.29, 0.717) is 5.54 Å². The Kier molecular flexibility index (Phi) is 3.13. The van der Waals surface area contributed by atoms with Gasteiger partial charge in [-0.1, -0.05) is 6.42 Å². The van der Waals surface area contributed by atoms with Crippen LogP contribution in [0.1, 0.15) is 40.0 Å². The fourth-order valence-electron chi connectivity index (χ4n) is 1.92. The second-order valence-electron chi connectivity index (χ2n) is 4.74. The van der Waals surface area contributed by atoms with Gasteiger partial charge in [0.25, 0.3) is 0 Å². The number of hydrogen-bond donors (Lipinski definition) is 0. The molecule has 0 amide bonds. The number of hydrogen-bond acceptors (Lipinski definition) is 2. The minimum atomic E-state index is 0.291. The first-order chi connectivity index (χ1) is 5.52. The lowest BCUT2D eigenvalue weighted by atomic mass is 10.1. The van der Waals surface area contributed by atoms with Gasteiger partial charge < -0.3 is 0 Å². The van der Waals surface area contributed by atoms with Crippen molar-refractivity contribution in [1.82, 2.24) is 10.0 Å². The summed E-state index contributed by atoms with van der Waals surface area (Å²) in [7, 11) is 2.20. The zero-order valence-corrected chi connectivity index (χ0v) is 8.93. The molecule has 1 saturated heterocycles. The van der Waals surface area contributed by atoms with Gasteiger partial charge in [-0.3, -0.25) is 0 Å². The highest BCUT2D eigenvalue weighted by atomic mass is 15.6. The molecule has 2 heteroatoms. The van der Waals surface area contributed by atoms with Gasteiger partial charge in [-0.25, -0.2) is 10.0 Å². The third kappa shape index (κ3) is 2.46. The lowest BCUT2D eigenvalue weighted by molar-refractivity contribution is -0.0643. The summed E-state index contributed by atoms with van der Waals surface area (Å²) in [6.07, 6.45) is 4.08. The summed E-state index contributed by atoms with van der Waals surface area (Å²) in [5, 5.41) is 4.87. The first kappa shape index (κ1) is 10.0. The van der Waals surface area contributed by atoms with Gasteiger partial charge in [0.05, 0.1) is 0 Å². The Balaban J connectivity index is 2.59. The molecule has 0 aromatic rings.